The summed E-state index contributed by atoms with van der Waals surface area (Å²) in [6, 6.07) is 6.73. The Balaban J connectivity index is 0.00000800. The van der Waals surface area contributed by atoms with Crippen LogP contribution in [0.3, 0.4) is 0 Å². The molecule has 5 N–H and O–H groups in total. The van der Waals surface area contributed by atoms with Crippen LogP contribution in [0.15, 0.2) is 24.3 Å². The molecule has 1 aromatic carbocycles. The Hall–Kier alpha value is -1.87. The summed E-state index contributed by atoms with van der Waals surface area (Å²) in [4.78, 5) is 26.0. The minimum atomic E-state index is -0.861. The molecular weight excluding hydrogens is 530 g/mol. The average Bonchev–Trinajstić information content (AvgIpc) is 2.93. The van der Waals surface area contributed by atoms with Crippen LogP contribution in [0.4, 0.5) is 0 Å². The number of aliphatic hydroxyl groups is 1. The van der Waals surface area contributed by atoms with Crippen LogP contribution in [0, 0.1) is 23.2 Å². The number of benzene rings is 1. The highest BCUT2D eigenvalue weighted by molar-refractivity contribution is 5.96. The third-order valence-corrected chi connectivity index (χ3v) is 8.35. The highest BCUT2D eigenvalue weighted by Crippen LogP contribution is 2.38. The standard InChI is InChI=1S/C31H53N3O5.ClH/c1-22(2)23(20-33-29(36)25-15-9-10-16-28(25)39-18-12-11-17-38-5)19-26(32)27(35)21-34-30(37)31(3,4)24-13-7-6-8-14-24;/h9-10,15-16,22-24,26-27,35H,6-8,11-14,17-21,32H2,1-5H3,(H,33,36)(H,34,37);1H/t23-,26+,27+;/m1./s1. The lowest BCUT2D eigenvalue weighted by molar-refractivity contribution is -0.133. The van der Waals surface area contributed by atoms with Crippen LogP contribution in [-0.4, -0.2) is 62.5 Å². The molecule has 1 fully saturated rings. The van der Waals surface area contributed by atoms with Gasteiger partial charge in [-0.25, -0.2) is 0 Å². The van der Waals surface area contributed by atoms with E-state index in [1.165, 1.54) is 19.3 Å². The molecule has 230 valence electrons. The summed E-state index contributed by atoms with van der Waals surface area (Å²) in [5.74, 6) is 1.03. The molecule has 0 aromatic heterocycles. The Morgan fingerprint density at radius 3 is 2.35 bits per heavy atom. The molecule has 0 aliphatic heterocycles. The highest BCUT2D eigenvalue weighted by Gasteiger charge is 2.37. The molecule has 0 radical (unpaired) electrons. The van der Waals surface area contributed by atoms with Crippen molar-refractivity contribution < 1.29 is 24.2 Å². The molecule has 9 heteroatoms. The molecule has 3 atom stereocenters. The zero-order valence-corrected chi connectivity index (χ0v) is 26.1. The van der Waals surface area contributed by atoms with E-state index >= 15 is 0 Å². The van der Waals surface area contributed by atoms with E-state index < -0.39 is 17.6 Å². The van der Waals surface area contributed by atoms with Gasteiger partial charge in [0.2, 0.25) is 5.91 Å². The Bertz CT molecular complexity index is 876. The fourth-order valence-corrected chi connectivity index (χ4v) is 5.31. The molecule has 1 aliphatic carbocycles. The molecule has 1 aromatic rings. The van der Waals surface area contributed by atoms with Crippen LogP contribution >= 0.6 is 12.4 Å². The predicted molar refractivity (Wildman–Crippen MR) is 163 cm³/mol. The molecule has 1 saturated carbocycles. The summed E-state index contributed by atoms with van der Waals surface area (Å²) in [7, 11) is 1.68. The lowest BCUT2D eigenvalue weighted by atomic mass is 9.70. The molecule has 0 saturated heterocycles. The van der Waals surface area contributed by atoms with Crippen LogP contribution in [0.5, 0.6) is 5.75 Å². The number of nitrogens with two attached hydrogens (primary N) is 1. The van der Waals surface area contributed by atoms with E-state index in [2.05, 4.69) is 24.5 Å². The number of amides is 2. The average molecular weight is 584 g/mol. The maximum absolute atomic E-state index is 13.0. The van der Waals surface area contributed by atoms with Gasteiger partial charge >= 0.3 is 0 Å². The molecule has 8 nitrogen and oxygen atoms in total. The third kappa shape index (κ3) is 11.6. The van der Waals surface area contributed by atoms with Crippen molar-refractivity contribution in [2.24, 2.45) is 28.9 Å². The van der Waals surface area contributed by atoms with Gasteiger partial charge in [0, 0.05) is 38.3 Å². The summed E-state index contributed by atoms with van der Waals surface area (Å²) < 4.78 is 10.9. The van der Waals surface area contributed by atoms with Crippen LogP contribution in [0.25, 0.3) is 0 Å². The molecule has 2 rings (SSSR count). The van der Waals surface area contributed by atoms with Gasteiger partial charge in [-0.15, -0.1) is 12.4 Å². The summed E-state index contributed by atoms with van der Waals surface area (Å²) in [6.45, 7) is 9.94. The zero-order chi connectivity index (χ0) is 28.8. The zero-order valence-electron chi connectivity index (χ0n) is 25.2. The molecular formula is C31H54ClN3O5. The first kappa shape index (κ1) is 36.2. The first-order chi connectivity index (χ1) is 18.6. The fourth-order valence-electron chi connectivity index (χ4n) is 5.31. The number of para-hydroxylation sites is 1. The number of methoxy groups -OCH3 is 1. The number of hydrogen-bond donors (Lipinski definition) is 4. The molecule has 0 bridgehead atoms. The number of unbranched alkanes of at least 4 members (excludes halogenated alkanes) is 1. The fraction of sp³-hybridized carbons (Fsp3) is 0.742. The van der Waals surface area contributed by atoms with Crippen molar-refractivity contribution in [3.05, 3.63) is 29.8 Å². The van der Waals surface area contributed by atoms with Crippen molar-refractivity contribution in [3.63, 3.8) is 0 Å². The van der Waals surface area contributed by atoms with Crippen LogP contribution < -0.4 is 21.1 Å². The molecule has 1 aliphatic rings. The quantitative estimate of drug-likeness (QED) is 0.197. The third-order valence-electron chi connectivity index (χ3n) is 8.35. The van der Waals surface area contributed by atoms with E-state index in [0.717, 1.165) is 25.7 Å². The van der Waals surface area contributed by atoms with Gasteiger partial charge in [-0.2, -0.15) is 0 Å². The number of aliphatic hydroxyl groups excluding tert-OH is 1. The summed E-state index contributed by atoms with van der Waals surface area (Å²) >= 11 is 0. The second kappa shape index (κ2) is 18.5. The number of nitrogens with one attached hydrogen (secondary N) is 2. The maximum atomic E-state index is 13.0. The number of ether oxygens (including phenoxy) is 2. The van der Waals surface area contributed by atoms with Gasteiger partial charge in [-0.3, -0.25) is 9.59 Å². The Labute approximate surface area is 247 Å². The summed E-state index contributed by atoms with van der Waals surface area (Å²) in [5, 5.41) is 16.7. The van der Waals surface area contributed by atoms with Crippen LogP contribution in [0.2, 0.25) is 0 Å². The number of carbonyl (C=O) groups is 2. The van der Waals surface area contributed by atoms with Gasteiger partial charge in [0.25, 0.3) is 5.91 Å². The number of carbonyl (C=O) groups excluding carboxylic acids is 2. The number of hydrogen-bond acceptors (Lipinski definition) is 6. The topological polar surface area (TPSA) is 123 Å². The predicted octanol–water partition coefficient (Wildman–Crippen LogP) is 4.72. The molecule has 0 unspecified atom stereocenters. The first-order valence-corrected chi connectivity index (χ1v) is 14.8. The number of halogens is 1. The molecule has 0 spiro atoms. The van der Waals surface area contributed by atoms with Gasteiger partial charge < -0.3 is 30.9 Å². The lowest BCUT2D eigenvalue weighted by Crippen LogP contribution is -2.49. The monoisotopic (exact) mass is 583 g/mol. The van der Waals surface area contributed by atoms with Crippen LogP contribution in [-0.2, 0) is 9.53 Å². The van der Waals surface area contributed by atoms with Crippen LogP contribution in [0.1, 0.15) is 89.4 Å². The van der Waals surface area contributed by atoms with Gasteiger partial charge in [0.1, 0.15) is 5.75 Å². The van der Waals surface area contributed by atoms with E-state index in [0.29, 0.717) is 43.4 Å². The largest absolute Gasteiger partial charge is 0.493 e. The van der Waals surface area contributed by atoms with E-state index in [-0.39, 0.29) is 42.6 Å². The Kier molecular flexibility index (Phi) is 16.8. The van der Waals surface area contributed by atoms with E-state index in [1.807, 2.05) is 26.0 Å². The summed E-state index contributed by atoms with van der Waals surface area (Å²) in [6.07, 6.45) is 7.16. The molecule has 0 heterocycles. The van der Waals surface area contributed by atoms with Gasteiger partial charge in [-0.05, 0) is 62.0 Å². The van der Waals surface area contributed by atoms with E-state index in [4.69, 9.17) is 15.2 Å². The lowest BCUT2D eigenvalue weighted by Gasteiger charge is -2.36. The highest BCUT2D eigenvalue weighted by atomic mass is 35.5. The Morgan fingerprint density at radius 2 is 1.70 bits per heavy atom. The maximum Gasteiger partial charge on any atom is 0.255 e. The van der Waals surface area contributed by atoms with Gasteiger partial charge in [0.15, 0.2) is 0 Å². The number of rotatable bonds is 17. The van der Waals surface area contributed by atoms with Crippen molar-refractivity contribution in [3.8, 4) is 5.75 Å². The minimum absolute atomic E-state index is 0. The normalized spacial score (nSPS) is 16.5. The van der Waals surface area contributed by atoms with Crippen molar-refractivity contribution in [1.29, 1.82) is 0 Å². The van der Waals surface area contributed by atoms with Crippen molar-refractivity contribution in [2.75, 3.05) is 33.4 Å². The molecule has 40 heavy (non-hydrogen) atoms. The summed E-state index contributed by atoms with van der Waals surface area (Å²) in [5.41, 5.74) is 6.42. The SMILES string of the molecule is COCCCCOc1ccccc1C(=O)NC[C@@H](C[C@H](N)[C@@H](O)CNC(=O)C(C)(C)C1CCCCC1)C(C)C.Cl. The second-order valence-electron chi connectivity index (χ2n) is 12.0. The smallest absolute Gasteiger partial charge is 0.255 e. The van der Waals surface area contributed by atoms with Gasteiger partial charge in [-0.1, -0.05) is 59.1 Å². The molecule has 2 amide bonds. The van der Waals surface area contributed by atoms with Crippen molar-refractivity contribution in [1.82, 2.24) is 10.6 Å². The van der Waals surface area contributed by atoms with Crippen molar-refractivity contribution in [2.45, 2.75) is 91.2 Å². The first-order valence-electron chi connectivity index (χ1n) is 14.8. The van der Waals surface area contributed by atoms with Crippen molar-refractivity contribution >= 4 is 24.2 Å². The minimum Gasteiger partial charge on any atom is -0.493 e. The van der Waals surface area contributed by atoms with Gasteiger partial charge in [0.05, 0.1) is 18.3 Å². The van der Waals surface area contributed by atoms with E-state index in [9.17, 15) is 14.7 Å². The second-order valence-corrected chi connectivity index (χ2v) is 12.0. The van der Waals surface area contributed by atoms with E-state index in [1.54, 1.807) is 19.2 Å². The Morgan fingerprint density at radius 1 is 1.05 bits per heavy atom.